The van der Waals surface area contributed by atoms with E-state index in [4.69, 9.17) is 5.11 Å². The van der Waals surface area contributed by atoms with Gasteiger partial charge in [0.05, 0.1) is 0 Å². The van der Waals surface area contributed by atoms with Crippen LogP contribution in [0.25, 0.3) is 0 Å². The van der Waals surface area contributed by atoms with Crippen LogP contribution in [0, 0.1) is 6.92 Å². The Morgan fingerprint density at radius 1 is 1.39 bits per heavy atom. The number of aliphatic hydroxyl groups excluding tert-OH is 1. The number of aryl methyl sites for hydroxylation is 1. The zero-order valence-corrected chi connectivity index (χ0v) is 9.83. The van der Waals surface area contributed by atoms with Gasteiger partial charge in [0.2, 0.25) is 0 Å². The van der Waals surface area contributed by atoms with Crippen molar-refractivity contribution in [2.45, 2.75) is 25.6 Å². The first kappa shape index (κ1) is 12.4. The highest BCUT2D eigenvalue weighted by atomic mass is 16.4. The van der Waals surface area contributed by atoms with Gasteiger partial charge in [-0.3, -0.25) is 4.90 Å². The molecular weight excluding hydrogens is 236 g/mol. The van der Waals surface area contributed by atoms with Gasteiger partial charge in [0, 0.05) is 12.1 Å². The van der Waals surface area contributed by atoms with Crippen molar-refractivity contribution >= 4 is 17.7 Å². The van der Waals surface area contributed by atoms with Gasteiger partial charge in [-0.1, -0.05) is 18.2 Å². The minimum absolute atomic E-state index is 0.0660. The lowest BCUT2D eigenvalue weighted by Gasteiger charge is -2.42. The van der Waals surface area contributed by atoms with Crippen LogP contribution in [-0.4, -0.2) is 39.4 Å². The quantitative estimate of drug-likeness (QED) is 0.730. The molecular formula is C12H14N2O4. The minimum Gasteiger partial charge on any atom is -0.480 e. The third kappa shape index (κ3) is 2.14. The molecule has 0 aromatic heterocycles. The molecule has 0 radical (unpaired) electrons. The predicted octanol–water partition coefficient (Wildman–Crippen LogP) is 1.00. The lowest BCUT2D eigenvalue weighted by atomic mass is 10.0. The van der Waals surface area contributed by atoms with E-state index in [9.17, 15) is 14.7 Å². The van der Waals surface area contributed by atoms with Gasteiger partial charge in [-0.15, -0.1) is 0 Å². The normalized spacial score (nSPS) is 22.2. The summed E-state index contributed by atoms with van der Waals surface area (Å²) >= 11 is 0. The average Bonchev–Trinajstić information content (AvgIpc) is 2.28. The molecule has 2 rings (SSSR count). The summed E-state index contributed by atoms with van der Waals surface area (Å²) in [6.45, 7) is 1.83. The number of aliphatic carboxylic acids is 1. The number of urea groups is 1. The number of carboxylic acid groups (broad SMARTS) is 1. The number of nitrogens with zero attached hydrogens (tertiary/aromatic N) is 1. The van der Waals surface area contributed by atoms with Crippen molar-refractivity contribution in [1.82, 2.24) is 4.90 Å². The van der Waals surface area contributed by atoms with Crippen molar-refractivity contribution in [3.8, 4) is 0 Å². The number of anilines is 1. The van der Waals surface area contributed by atoms with E-state index in [1.807, 2.05) is 19.1 Å². The van der Waals surface area contributed by atoms with E-state index < -0.39 is 24.3 Å². The van der Waals surface area contributed by atoms with Crippen LogP contribution in [0.1, 0.15) is 12.0 Å². The molecule has 1 aliphatic rings. The topological polar surface area (TPSA) is 89.9 Å². The number of nitrogens with one attached hydrogen (secondary N) is 1. The largest absolute Gasteiger partial charge is 0.480 e. The number of para-hydroxylation sites is 1. The van der Waals surface area contributed by atoms with Crippen LogP contribution in [-0.2, 0) is 4.79 Å². The second-order valence-electron chi connectivity index (χ2n) is 4.22. The van der Waals surface area contributed by atoms with Crippen molar-refractivity contribution in [2.24, 2.45) is 0 Å². The maximum Gasteiger partial charge on any atom is 0.326 e. The molecule has 6 nitrogen and oxygen atoms in total. The standard InChI is InChI=1S/C12H14N2O4/c1-7-4-2-3-5-8(7)13-12(18)14-9(11(16)17)6-10(14)15/h2-5,9-10,15H,6H2,1H3,(H,13,18)(H,16,17)/t9-,10?/m0/s1. The minimum atomic E-state index is -1.11. The lowest BCUT2D eigenvalue weighted by molar-refractivity contribution is -0.160. The van der Waals surface area contributed by atoms with Gasteiger partial charge in [-0.05, 0) is 18.6 Å². The van der Waals surface area contributed by atoms with E-state index in [1.165, 1.54) is 0 Å². The second-order valence-corrected chi connectivity index (χ2v) is 4.22. The van der Waals surface area contributed by atoms with Gasteiger partial charge >= 0.3 is 12.0 Å². The van der Waals surface area contributed by atoms with Crippen LogP contribution in [0.4, 0.5) is 10.5 Å². The van der Waals surface area contributed by atoms with Gasteiger partial charge in [0.15, 0.2) is 0 Å². The number of benzene rings is 1. The molecule has 2 amide bonds. The molecule has 1 aliphatic heterocycles. The Morgan fingerprint density at radius 3 is 2.61 bits per heavy atom. The summed E-state index contributed by atoms with van der Waals surface area (Å²) in [7, 11) is 0. The zero-order valence-electron chi connectivity index (χ0n) is 9.83. The smallest absolute Gasteiger partial charge is 0.326 e. The van der Waals surface area contributed by atoms with Crippen LogP contribution in [0.15, 0.2) is 24.3 Å². The van der Waals surface area contributed by atoms with E-state index in [-0.39, 0.29) is 6.42 Å². The molecule has 0 spiro atoms. The summed E-state index contributed by atoms with van der Waals surface area (Å²) in [6, 6.07) is 5.60. The third-order valence-corrected chi connectivity index (χ3v) is 3.00. The lowest BCUT2D eigenvalue weighted by Crippen LogP contribution is -2.62. The Kier molecular flexibility index (Phi) is 3.20. The molecule has 1 aromatic rings. The number of amides is 2. The van der Waals surface area contributed by atoms with Gasteiger partial charge in [-0.25, -0.2) is 9.59 Å². The van der Waals surface area contributed by atoms with Crippen LogP contribution < -0.4 is 5.32 Å². The van der Waals surface area contributed by atoms with Crippen LogP contribution >= 0.6 is 0 Å². The van der Waals surface area contributed by atoms with Crippen LogP contribution in [0.2, 0.25) is 0 Å². The summed E-state index contributed by atoms with van der Waals surface area (Å²) < 4.78 is 0. The molecule has 2 atom stereocenters. The highest BCUT2D eigenvalue weighted by molar-refractivity contribution is 5.94. The van der Waals surface area contributed by atoms with Crippen molar-refractivity contribution in [3.63, 3.8) is 0 Å². The molecule has 96 valence electrons. The molecule has 0 aliphatic carbocycles. The first-order valence-electron chi connectivity index (χ1n) is 5.56. The van der Waals surface area contributed by atoms with Gasteiger partial charge in [0.25, 0.3) is 0 Å². The van der Waals surface area contributed by atoms with E-state index in [0.29, 0.717) is 5.69 Å². The number of hydrogen-bond acceptors (Lipinski definition) is 3. The van der Waals surface area contributed by atoms with Crippen LogP contribution in [0.3, 0.4) is 0 Å². The fraction of sp³-hybridized carbons (Fsp3) is 0.333. The van der Waals surface area contributed by atoms with Crippen molar-refractivity contribution in [1.29, 1.82) is 0 Å². The molecule has 18 heavy (non-hydrogen) atoms. The Hall–Kier alpha value is -2.08. The van der Waals surface area contributed by atoms with E-state index in [0.717, 1.165) is 10.5 Å². The number of carboxylic acids is 1. The monoisotopic (exact) mass is 250 g/mol. The molecule has 1 heterocycles. The Labute approximate surface area is 104 Å². The van der Waals surface area contributed by atoms with Gasteiger partial charge in [-0.2, -0.15) is 0 Å². The molecule has 1 unspecified atom stereocenters. The predicted molar refractivity (Wildman–Crippen MR) is 64.1 cm³/mol. The first-order chi connectivity index (χ1) is 8.50. The summed E-state index contributed by atoms with van der Waals surface area (Å²) in [6.07, 6.45) is -0.966. The molecule has 0 bridgehead atoms. The number of likely N-dealkylation sites (tertiary alicyclic amines) is 1. The fourth-order valence-corrected chi connectivity index (χ4v) is 1.89. The van der Waals surface area contributed by atoms with Crippen molar-refractivity contribution in [2.75, 3.05) is 5.32 Å². The van der Waals surface area contributed by atoms with Crippen LogP contribution in [0.5, 0.6) is 0 Å². The molecule has 1 aromatic carbocycles. The van der Waals surface area contributed by atoms with Crippen molar-refractivity contribution in [3.05, 3.63) is 29.8 Å². The third-order valence-electron chi connectivity index (χ3n) is 3.00. The Balaban J connectivity index is 2.08. The first-order valence-corrected chi connectivity index (χ1v) is 5.56. The second kappa shape index (κ2) is 4.66. The van der Waals surface area contributed by atoms with Gasteiger partial charge in [0.1, 0.15) is 12.3 Å². The van der Waals surface area contributed by atoms with E-state index >= 15 is 0 Å². The molecule has 3 N–H and O–H groups in total. The summed E-state index contributed by atoms with van der Waals surface area (Å²) in [5.74, 6) is -1.11. The number of rotatable bonds is 2. The molecule has 6 heteroatoms. The molecule has 0 saturated carbocycles. The SMILES string of the molecule is Cc1ccccc1NC(=O)N1C(O)C[C@H]1C(=O)O. The van der Waals surface area contributed by atoms with Gasteiger partial charge < -0.3 is 15.5 Å². The summed E-state index contributed by atoms with van der Waals surface area (Å²) in [5.41, 5.74) is 1.47. The number of aliphatic hydroxyl groups is 1. The number of carbonyl (C=O) groups excluding carboxylic acids is 1. The maximum absolute atomic E-state index is 11.9. The van der Waals surface area contributed by atoms with E-state index in [1.54, 1.807) is 12.1 Å². The molecule has 1 fully saturated rings. The number of carbonyl (C=O) groups is 2. The Bertz CT molecular complexity index is 489. The highest BCUT2D eigenvalue weighted by Crippen LogP contribution is 2.25. The highest BCUT2D eigenvalue weighted by Gasteiger charge is 2.45. The van der Waals surface area contributed by atoms with Crippen molar-refractivity contribution < 1.29 is 19.8 Å². The summed E-state index contributed by atoms with van der Waals surface area (Å²) in [5, 5.41) is 20.9. The Morgan fingerprint density at radius 2 is 2.06 bits per heavy atom. The summed E-state index contributed by atoms with van der Waals surface area (Å²) in [4.78, 5) is 23.6. The number of hydrogen-bond donors (Lipinski definition) is 3. The molecule has 1 saturated heterocycles. The maximum atomic E-state index is 11.9. The average molecular weight is 250 g/mol. The zero-order chi connectivity index (χ0) is 13.3. The van der Waals surface area contributed by atoms with E-state index in [2.05, 4.69) is 5.32 Å². The fourth-order valence-electron chi connectivity index (χ4n) is 1.89.